The highest BCUT2D eigenvalue weighted by molar-refractivity contribution is 7.99. The standard InChI is InChI=1S/C22H22N4O4S/c1-14-17-5-3-4-6-18(17)22(29)26(24-14)11-20(27)25-13-31-12-19(25)21(28)23-15-7-9-16(30-2)10-8-15/h3-10,19H,11-13H2,1-2H3,(H,23,28)/t19-/m1/s1. The van der Waals surface area contributed by atoms with Crippen LogP contribution in [0.3, 0.4) is 0 Å². The van der Waals surface area contributed by atoms with Crippen LogP contribution in [0.2, 0.25) is 0 Å². The van der Waals surface area contributed by atoms with E-state index in [-0.39, 0.29) is 23.9 Å². The number of anilines is 1. The number of fused-ring (bicyclic) bond motifs is 1. The lowest BCUT2D eigenvalue weighted by atomic mass is 10.1. The zero-order valence-corrected chi connectivity index (χ0v) is 18.0. The van der Waals surface area contributed by atoms with Gasteiger partial charge in [-0.3, -0.25) is 14.4 Å². The van der Waals surface area contributed by atoms with Crippen molar-refractivity contribution in [1.29, 1.82) is 0 Å². The van der Waals surface area contributed by atoms with Gasteiger partial charge in [0.05, 0.1) is 24.1 Å². The van der Waals surface area contributed by atoms with Crippen LogP contribution in [-0.2, 0) is 16.1 Å². The Morgan fingerprint density at radius 3 is 2.58 bits per heavy atom. The highest BCUT2D eigenvalue weighted by Gasteiger charge is 2.35. The summed E-state index contributed by atoms with van der Waals surface area (Å²) in [5.74, 6) is 0.991. The number of aromatic nitrogens is 2. The predicted molar refractivity (Wildman–Crippen MR) is 120 cm³/mol. The number of hydrogen-bond donors (Lipinski definition) is 1. The van der Waals surface area contributed by atoms with Crippen LogP contribution in [0.15, 0.2) is 53.3 Å². The van der Waals surface area contributed by atoms with Crippen LogP contribution in [0.5, 0.6) is 5.75 Å². The van der Waals surface area contributed by atoms with Crippen molar-refractivity contribution in [1.82, 2.24) is 14.7 Å². The lowest BCUT2D eigenvalue weighted by Crippen LogP contribution is -2.46. The van der Waals surface area contributed by atoms with E-state index in [0.717, 1.165) is 5.39 Å². The minimum absolute atomic E-state index is 0.211. The predicted octanol–water partition coefficient (Wildman–Crippen LogP) is 2.25. The van der Waals surface area contributed by atoms with E-state index in [9.17, 15) is 14.4 Å². The fourth-order valence-corrected chi connectivity index (χ4v) is 4.72. The van der Waals surface area contributed by atoms with Gasteiger partial charge in [0, 0.05) is 16.8 Å². The molecule has 2 heterocycles. The first-order chi connectivity index (χ1) is 15.0. The van der Waals surface area contributed by atoms with E-state index >= 15 is 0 Å². The molecule has 3 aromatic rings. The fraction of sp³-hybridized carbons (Fsp3) is 0.273. The van der Waals surface area contributed by atoms with Gasteiger partial charge >= 0.3 is 0 Å². The minimum Gasteiger partial charge on any atom is -0.497 e. The summed E-state index contributed by atoms with van der Waals surface area (Å²) in [6, 6.07) is 13.6. The summed E-state index contributed by atoms with van der Waals surface area (Å²) in [6.45, 7) is 1.59. The van der Waals surface area contributed by atoms with Gasteiger partial charge in [0.25, 0.3) is 5.56 Å². The molecule has 4 rings (SSSR count). The second-order valence-corrected chi connectivity index (χ2v) is 8.19. The van der Waals surface area contributed by atoms with Gasteiger partial charge in [-0.25, -0.2) is 4.68 Å². The minimum atomic E-state index is -0.614. The Balaban J connectivity index is 1.50. The average molecular weight is 439 g/mol. The summed E-state index contributed by atoms with van der Waals surface area (Å²) in [5, 5.41) is 8.44. The summed E-state index contributed by atoms with van der Waals surface area (Å²) < 4.78 is 6.30. The summed E-state index contributed by atoms with van der Waals surface area (Å²) in [5.41, 5.74) is 0.978. The maximum absolute atomic E-state index is 13.0. The van der Waals surface area contributed by atoms with Crippen LogP contribution in [0.1, 0.15) is 5.69 Å². The molecule has 0 unspecified atom stereocenters. The quantitative estimate of drug-likeness (QED) is 0.657. The molecule has 0 spiro atoms. The number of rotatable bonds is 5. The van der Waals surface area contributed by atoms with Gasteiger partial charge < -0.3 is 15.0 Å². The number of methoxy groups -OCH3 is 1. The van der Waals surface area contributed by atoms with Gasteiger partial charge in [0.1, 0.15) is 18.3 Å². The lowest BCUT2D eigenvalue weighted by molar-refractivity contribution is -0.136. The summed E-state index contributed by atoms with van der Waals surface area (Å²) in [7, 11) is 1.57. The van der Waals surface area contributed by atoms with Crippen molar-refractivity contribution in [2.45, 2.75) is 19.5 Å². The highest BCUT2D eigenvalue weighted by Crippen LogP contribution is 2.23. The Labute approximate surface area is 183 Å². The second-order valence-electron chi connectivity index (χ2n) is 7.19. The molecule has 1 aromatic heterocycles. The molecule has 1 aliphatic rings. The largest absolute Gasteiger partial charge is 0.497 e. The normalized spacial score (nSPS) is 15.8. The summed E-state index contributed by atoms with van der Waals surface area (Å²) >= 11 is 1.50. The van der Waals surface area contributed by atoms with Crippen molar-refractivity contribution in [3.8, 4) is 5.75 Å². The van der Waals surface area contributed by atoms with Crippen LogP contribution >= 0.6 is 11.8 Å². The van der Waals surface area contributed by atoms with Gasteiger partial charge in [-0.15, -0.1) is 11.8 Å². The molecule has 0 aliphatic carbocycles. The molecule has 1 aliphatic heterocycles. The van der Waals surface area contributed by atoms with E-state index in [4.69, 9.17) is 4.74 Å². The van der Waals surface area contributed by atoms with E-state index in [1.54, 1.807) is 50.4 Å². The molecular formula is C22H22N4O4S. The van der Waals surface area contributed by atoms with Gasteiger partial charge in [0.2, 0.25) is 11.8 Å². The molecule has 0 saturated carbocycles. The number of carbonyl (C=O) groups excluding carboxylic acids is 2. The van der Waals surface area contributed by atoms with E-state index in [2.05, 4.69) is 10.4 Å². The van der Waals surface area contributed by atoms with Crippen LogP contribution < -0.4 is 15.6 Å². The second kappa shape index (κ2) is 8.81. The highest BCUT2D eigenvalue weighted by atomic mass is 32.2. The SMILES string of the molecule is COc1ccc(NC(=O)[C@H]2CSCN2C(=O)Cn2nc(C)c3ccccc3c2=O)cc1. The molecule has 2 aromatic carbocycles. The molecule has 1 fully saturated rings. The Hall–Kier alpha value is -3.33. The zero-order valence-electron chi connectivity index (χ0n) is 17.2. The molecule has 0 radical (unpaired) electrons. The molecule has 1 atom stereocenters. The number of nitrogens with one attached hydrogen (secondary N) is 1. The number of amides is 2. The van der Waals surface area contributed by atoms with Gasteiger partial charge in [0.15, 0.2) is 0 Å². The van der Waals surface area contributed by atoms with E-state index < -0.39 is 6.04 Å². The molecule has 1 saturated heterocycles. The van der Waals surface area contributed by atoms with Gasteiger partial charge in [-0.2, -0.15) is 5.10 Å². The molecule has 9 heteroatoms. The number of aryl methyl sites for hydroxylation is 1. The van der Waals surface area contributed by atoms with Crippen molar-refractivity contribution in [2.75, 3.05) is 24.1 Å². The summed E-state index contributed by atoms with van der Waals surface area (Å²) in [4.78, 5) is 40.1. The van der Waals surface area contributed by atoms with Crippen molar-refractivity contribution in [3.63, 3.8) is 0 Å². The molecule has 31 heavy (non-hydrogen) atoms. The zero-order chi connectivity index (χ0) is 22.0. The Morgan fingerprint density at radius 2 is 1.87 bits per heavy atom. The fourth-order valence-electron chi connectivity index (χ4n) is 3.54. The first-order valence-electron chi connectivity index (χ1n) is 9.76. The van der Waals surface area contributed by atoms with E-state index in [1.807, 2.05) is 12.1 Å². The first kappa shape index (κ1) is 20.9. The first-order valence-corrected chi connectivity index (χ1v) is 10.9. The Morgan fingerprint density at radius 1 is 1.16 bits per heavy atom. The number of hydrogen-bond acceptors (Lipinski definition) is 6. The number of ether oxygens (including phenoxy) is 1. The van der Waals surface area contributed by atoms with Gasteiger partial charge in [-0.1, -0.05) is 18.2 Å². The van der Waals surface area contributed by atoms with Crippen LogP contribution in [0, 0.1) is 6.92 Å². The maximum Gasteiger partial charge on any atom is 0.275 e. The van der Waals surface area contributed by atoms with Crippen LogP contribution in [0.25, 0.3) is 10.8 Å². The molecule has 0 bridgehead atoms. The van der Waals surface area contributed by atoms with Crippen molar-refractivity contribution >= 4 is 40.0 Å². The number of benzene rings is 2. The van der Waals surface area contributed by atoms with Crippen LogP contribution in [-0.4, -0.2) is 51.3 Å². The number of carbonyl (C=O) groups is 2. The smallest absolute Gasteiger partial charge is 0.275 e. The molecule has 8 nitrogen and oxygen atoms in total. The molecule has 1 N–H and O–H groups in total. The maximum atomic E-state index is 13.0. The van der Waals surface area contributed by atoms with Crippen molar-refractivity contribution < 1.29 is 14.3 Å². The number of thioether (sulfide) groups is 1. The van der Waals surface area contributed by atoms with Crippen molar-refractivity contribution in [2.24, 2.45) is 0 Å². The van der Waals surface area contributed by atoms with Crippen molar-refractivity contribution in [3.05, 3.63) is 64.6 Å². The monoisotopic (exact) mass is 438 g/mol. The summed E-state index contributed by atoms with van der Waals surface area (Å²) in [6.07, 6.45) is 0. The topological polar surface area (TPSA) is 93.5 Å². The van der Waals surface area contributed by atoms with Gasteiger partial charge in [-0.05, 0) is 37.3 Å². The average Bonchev–Trinajstić information content (AvgIpc) is 3.28. The molecular weight excluding hydrogens is 416 g/mol. The molecule has 160 valence electrons. The third-order valence-corrected chi connectivity index (χ3v) is 6.21. The third-order valence-electron chi connectivity index (χ3n) is 5.20. The lowest BCUT2D eigenvalue weighted by Gasteiger charge is -2.23. The third kappa shape index (κ3) is 4.27. The Kier molecular flexibility index (Phi) is 5.94. The Bertz CT molecular complexity index is 1190. The number of nitrogens with zero attached hydrogens (tertiary/aromatic N) is 3. The van der Waals surface area contributed by atoms with Crippen LogP contribution in [0.4, 0.5) is 5.69 Å². The molecule has 2 amide bonds. The van der Waals surface area contributed by atoms with E-state index in [0.29, 0.717) is 34.1 Å². The van der Waals surface area contributed by atoms with E-state index in [1.165, 1.54) is 21.3 Å².